The minimum atomic E-state index is -0.162. The van der Waals surface area contributed by atoms with Gasteiger partial charge in [0.1, 0.15) is 0 Å². The molecule has 1 aromatic carbocycles. The highest BCUT2D eigenvalue weighted by molar-refractivity contribution is 5.90. The molecule has 8 heteroatoms. The van der Waals surface area contributed by atoms with Crippen LogP contribution in [0, 0.1) is 5.92 Å². The van der Waals surface area contributed by atoms with Crippen LogP contribution in [0.3, 0.4) is 0 Å². The number of nitrogens with two attached hydrogens (primary N) is 1. The predicted octanol–water partition coefficient (Wildman–Crippen LogP) is 1.24. The van der Waals surface area contributed by atoms with Crippen LogP contribution in [0.25, 0.3) is 0 Å². The van der Waals surface area contributed by atoms with E-state index >= 15 is 0 Å². The lowest BCUT2D eigenvalue weighted by Gasteiger charge is -2.38. The van der Waals surface area contributed by atoms with Gasteiger partial charge in [0.25, 0.3) is 0 Å². The quantitative estimate of drug-likeness (QED) is 0.533. The maximum absolute atomic E-state index is 13.1. The van der Waals surface area contributed by atoms with Gasteiger partial charge >= 0.3 is 0 Å². The van der Waals surface area contributed by atoms with Gasteiger partial charge in [-0.2, -0.15) is 0 Å². The van der Waals surface area contributed by atoms with Crippen molar-refractivity contribution < 1.29 is 14.4 Å². The Morgan fingerprint density at radius 1 is 1.06 bits per heavy atom. The minimum absolute atomic E-state index is 0.0455. The number of allylic oxidation sites excluding steroid dienone is 2. The van der Waals surface area contributed by atoms with Gasteiger partial charge in [0.05, 0.1) is 13.1 Å². The molecule has 2 saturated heterocycles. The molecule has 2 fully saturated rings. The number of hydrogen-bond acceptors (Lipinski definition) is 5. The summed E-state index contributed by atoms with van der Waals surface area (Å²) >= 11 is 0. The second-order valence-electron chi connectivity index (χ2n) is 9.90. The van der Waals surface area contributed by atoms with E-state index in [9.17, 15) is 14.4 Å². The molecule has 3 aliphatic rings. The van der Waals surface area contributed by atoms with E-state index < -0.39 is 0 Å². The van der Waals surface area contributed by atoms with Gasteiger partial charge in [0, 0.05) is 31.6 Å². The summed E-state index contributed by atoms with van der Waals surface area (Å²) < 4.78 is 0. The number of nitrogens with zero attached hydrogens (tertiary/aromatic N) is 3. The summed E-state index contributed by atoms with van der Waals surface area (Å²) in [7, 11) is 0. The molecule has 1 aliphatic carbocycles. The van der Waals surface area contributed by atoms with Gasteiger partial charge in [-0.1, -0.05) is 43.0 Å². The first kappa shape index (κ1) is 25.7. The van der Waals surface area contributed by atoms with Gasteiger partial charge in [-0.25, -0.2) is 0 Å². The molecule has 1 aromatic rings. The van der Waals surface area contributed by atoms with Crippen LogP contribution >= 0.6 is 0 Å². The van der Waals surface area contributed by atoms with Crippen molar-refractivity contribution in [3.05, 3.63) is 72.0 Å². The first-order valence-electron chi connectivity index (χ1n) is 12.8. The maximum Gasteiger partial charge on any atom is 0.242 e. The van der Waals surface area contributed by atoms with Crippen molar-refractivity contribution in [3.63, 3.8) is 0 Å². The maximum atomic E-state index is 13.1. The van der Waals surface area contributed by atoms with Gasteiger partial charge in [0.15, 0.2) is 0 Å². The number of carbonyl (C=O) groups excluding carboxylic acids is 3. The molecule has 3 amide bonds. The number of hydrogen-bond donors (Lipinski definition) is 2. The Bertz CT molecular complexity index is 1020. The lowest BCUT2D eigenvalue weighted by atomic mass is 9.94. The van der Waals surface area contributed by atoms with Gasteiger partial charge < -0.3 is 20.9 Å². The van der Waals surface area contributed by atoms with Gasteiger partial charge in [-0.15, -0.1) is 0 Å². The summed E-state index contributed by atoms with van der Waals surface area (Å²) in [5, 5.41) is 3.07. The van der Waals surface area contributed by atoms with Crippen LogP contribution < -0.4 is 11.1 Å². The number of likely N-dealkylation sites (tertiary alicyclic amines) is 1. The van der Waals surface area contributed by atoms with Crippen LogP contribution in [0.5, 0.6) is 0 Å². The largest absolute Gasteiger partial charge is 0.405 e. The zero-order chi connectivity index (χ0) is 25.5. The fourth-order valence-electron chi connectivity index (χ4n) is 5.46. The van der Waals surface area contributed by atoms with E-state index in [1.165, 1.54) is 17.3 Å². The number of benzene rings is 1. The number of carbonyl (C=O) groups is 3. The minimum Gasteiger partial charge on any atom is -0.405 e. The second-order valence-corrected chi connectivity index (χ2v) is 9.90. The molecule has 0 unspecified atom stereocenters. The number of piperidine rings is 1. The molecule has 0 radical (unpaired) electrons. The molecular formula is C28H37N5O3. The number of rotatable bonds is 8. The molecule has 0 spiro atoms. The van der Waals surface area contributed by atoms with E-state index in [4.69, 9.17) is 5.73 Å². The van der Waals surface area contributed by atoms with Crippen LogP contribution in [-0.4, -0.2) is 84.3 Å². The molecule has 36 heavy (non-hydrogen) atoms. The van der Waals surface area contributed by atoms with Crippen LogP contribution in [0.2, 0.25) is 0 Å². The van der Waals surface area contributed by atoms with Crippen LogP contribution in [0.1, 0.15) is 24.0 Å². The topological polar surface area (TPSA) is 99.0 Å². The third-order valence-electron chi connectivity index (χ3n) is 7.37. The number of amides is 3. The Hall–Kier alpha value is -3.39. The summed E-state index contributed by atoms with van der Waals surface area (Å²) in [6.45, 7) is 7.12. The highest BCUT2D eigenvalue weighted by atomic mass is 16.2. The van der Waals surface area contributed by atoms with Crippen molar-refractivity contribution >= 4 is 17.7 Å². The Kier molecular flexibility index (Phi) is 8.59. The summed E-state index contributed by atoms with van der Waals surface area (Å²) in [5.74, 6) is -0.309. The van der Waals surface area contributed by atoms with E-state index in [0.29, 0.717) is 13.1 Å². The summed E-state index contributed by atoms with van der Waals surface area (Å²) in [6, 6.07) is 8.31. The lowest BCUT2D eigenvalue weighted by molar-refractivity contribution is -0.149. The Morgan fingerprint density at radius 3 is 2.36 bits per heavy atom. The van der Waals surface area contributed by atoms with Crippen LogP contribution in [0.15, 0.2) is 60.8 Å². The smallest absolute Gasteiger partial charge is 0.242 e. The van der Waals surface area contributed by atoms with Gasteiger partial charge in [0.2, 0.25) is 17.7 Å². The van der Waals surface area contributed by atoms with Crippen LogP contribution in [-0.2, 0) is 27.2 Å². The van der Waals surface area contributed by atoms with Gasteiger partial charge in [-0.05, 0) is 67.7 Å². The van der Waals surface area contributed by atoms with Crippen molar-refractivity contribution in [2.24, 2.45) is 11.7 Å². The number of piperazine rings is 1. The highest BCUT2D eigenvalue weighted by Crippen LogP contribution is 2.23. The summed E-state index contributed by atoms with van der Waals surface area (Å²) in [6.07, 6.45) is 10.3. The molecular weight excluding hydrogens is 454 g/mol. The SMILES string of the molecule is C=C/C=C(\C=C/N)CN1CCC(C(=O)N2CCN(CC(=O)NC3Cc4ccccc4C3)C(=O)C2)CC1. The first-order valence-corrected chi connectivity index (χ1v) is 12.8. The van der Waals surface area contributed by atoms with Crippen molar-refractivity contribution in [2.75, 3.05) is 45.8 Å². The third-order valence-corrected chi connectivity index (χ3v) is 7.37. The average molecular weight is 492 g/mol. The second kappa shape index (κ2) is 12.0. The van der Waals surface area contributed by atoms with Crippen molar-refractivity contribution in [1.29, 1.82) is 0 Å². The molecule has 2 aliphatic heterocycles. The molecule has 8 nitrogen and oxygen atoms in total. The van der Waals surface area contributed by atoms with E-state index in [1.807, 2.05) is 24.3 Å². The molecule has 0 aromatic heterocycles. The fourth-order valence-corrected chi connectivity index (χ4v) is 5.46. The summed E-state index contributed by atoms with van der Waals surface area (Å²) in [5.41, 5.74) is 9.17. The average Bonchev–Trinajstić information content (AvgIpc) is 3.28. The zero-order valence-electron chi connectivity index (χ0n) is 20.9. The first-order chi connectivity index (χ1) is 17.5. The van der Waals surface area contributed by atoms with Gasteiger partial charge in [-0.3, -0.25) is 19.3 Å². The molecule has 0 saturated carbocycles. The fraction of sp³-hybridized carbons (Fsp3) is 0.464. The molecule has 4 rings (SSSR count). The van der Waals surface area contributed by atoms with E-state index in [1.54, 1.807) is 15.9 Å². The Morgan fingerprint density at radius 2 is 1.75 bits per heavy atom. The molecule has 0 bridgehead atoms. The van der Waals surface area contributed by atoms with Crippen molar-refractivity contribution in [2.45, 2.75) is 31.7 Å². The lowest BCUT2D eigenvalue weighted by Crippen LogP contribution is -2.56. The molecule has 192 valence electrons. The normalized spacial score (nSPS) is 20.1. The van der Waals surface area contributed by atoms with Crippen molar-refractivity contribution in [3.8, 4) is 0 Å². The van der Waals surface area contributed by atoms with E-state index in [2.05, 4.69) is 28.9 Å². The molecule has 3 N–H and O–H groups in total. The van der Waals surface area contributed by atoms with E-state index in [-0.39, 0.29) is 42.8 Å². The molecule has 2 heterocycles. The zero-order valence-corrected chi connectivity index (χ0v) is 20.9. The monoisotopic (exact) mass is 491 g/mol. The highest BCUT2D eigenvalue weighted by Gasteiger charge is 2.34. The Balaban J connectivity index is 1.20. The Labute approximate surface area is 213 Å². The molecule has 0 atom stereocenters. The third kappa shape index (κ3) is 6.43. The number of fused-ring (bicyclic) bond motifs is 1. The standard InChI is InChI=1S/C28H37N5O3/c1-2-5-21(8-11-29)18-31-12-9-22(10-13-31)28(36)33-15-14-32(27(35)20-33)19-26(34)30-25-16-23-6-3-4-7-24(23)17-25/h2-8,11,22,25H,1,9-10,12-20,29H2,(H,30,34)/b11-8-,21-5+. The summed E-state index contributed by atoms with van der Waals surface area (Å²) in [4.78, 5) is 44.0. The van der Waals surface area contributed by atoms with Crippen LogP contribution in [0.4, 0.5) is 0 Å². The van der Waals surface area contributed by atoms with E-state index in [0.717, 1.165) is 50.9 Å². The van der Waals surface area contributed by atoms with Crippen molar-refractivity contribution in [1.82, 2.24) is 20.0 Å². The predicted molar refractivity (Wildman–Crippen MR) is 140 cm³/mol. The number of nitrogens with one attached hydrogen (secondary N) is 1.